The van der Waals surface area contributed by atoms with Crippen LogP contribution in [0.25, 0.3) is 0 Å². The van der Waals surface area contributed by atoms with Crippen LogP contribution in [0.2, 0.25) is 0 Å². The van der Waals surface area contributed by atoms with Crippen molar-refractivity contribution in [2.24, 2.45) is 5.10 Å². The van der Waals surface area contributed by atoms with E-state index in [0.717, 1.165) is 42.7 Å². The molecule has 2 saturated heterocycles. The molecule has 2 aliphatic heterocycles. The summed E-state index contributed by atoms with van der Waals surface area (Å²) >= 11 is 1.66. The number of hydrogen-bond donors (Lipinski definition) is 1. The molecular weight excluding hydrogens is 350 g/mol. The van der Waals surface area contributed by atoms with E-state index in [9.17, 15) is 0 Å². The maximum Gasteiger partial charge on any atom is 0.250 e. The fourth-order valence-corrected chi connectivity index (χ4v) is 3.72. The number of morpholine rings is 1. The summed E-state index contributed by atoms with van der Waals surface area (Å²) in [7, 11) is 0. The largest absolute Gasteiger partial charge is 0.378 e. The summed E-state index contributed by atoms with van der Waals surface area (Å²) in [5.74, 6) is 1.90. The predicted octanol–water partition coefficient (Wildman–Crippen LogP) is 2.21. The Balaban J connectivity index is 1.59. The number of ether oxygens (including phenoxy) is 1. The summed E-state index contributed by atoms with van der Waals surface area (Å²) in [4.78, 5) is 19.4. The van der Waals surface area contributed by atoms with Crippen LogP contribution in [-0.2, 0) is 4.74 Å². The third-order valence-electron chi connectivity index (χ3n) is 4.50. The van der Waals surface area contributed by atoms with Crippen molar-refractivity contribution in [2.45, 2.75) is 19.8 Å². The topological polar surface area (TPSA) is 78.8 Å². The molecule has 4 heterocycles. The second kappa shape index (κ2) is 7.96. The highest BCUT2D eigenvalue weighted by molar-refractivity contribution is 7.12. The number of nitrogens with one attached hydrogen (secondary N) is 1. The van der Waals surface area contributed by atoms with Gasteiger partial charge in [-0.25, -0.2) is 5.43 Å². The summed E-state index contributed by atoms with van der Waals surface area (Å²) in [6, 6.07) is 4.07. The zero-order chi connectivity index (χ0) is 17.8. The highest BCUT2D eigenvalue weighted by Crippen LogP contribution is 2.21. The quantitative estimate of drug-likeness (QED) is 0.636. The van der Waals surface area contributed by atoms with Gasteiger partial charge in [0.25, 0.3) is 0 Å². The average molecular weight is 373 g/mol. The number of aromatic nitrogens is 3. The number of thiophene rings is 1. The molecule has 26 heavy (non-hydrogen) atoms. The lowest BCUT2D eigenvalue weighted by atomic mass is 10.3. The molecular formula is C17H23N7OS. The predicted molar refractivity (Wildman–Crippen MR) is 104 cm³/mol. The smallest absolute Gasteiger partial charge is 0.250 e. The summed E-state index contributed by atoms with van der Waals surface area (Å²) < 4.78 is 5.44. The standard InChI is InChI=1S/C17H23N7OS/c1-13(14-5-4-12-26-14)21-22-15-18-16(23-6-2-3-7-23)20-17(19-15)24-8-10-25-11-9-24/h4-5,12H,2-3,6-11H2,1H3,(H,18,19,20,22)/b21-13+. The summed E-state index contributed by atoms with van der Waals surface area (Å²) in [6.07, 6.45) is 2.36. The molecule has 4 rings (SSSR count). The number of anilines is 3. The van der Waals surface area contributed by atoms with Gasteiger partial charge in [-0.1, -0.05) is 6.07 Å². The average Bonchev–Trinajstić information content (AvgIpc) is 3.40. The van der Waals surface area contributed by atoms with E-state index in [-0.39, 0.29) is 0 Å². The molecule has 0 bridgehead atoms. The second-order valence-corrected chi connectivity index (χ2v) is 7.29. The van der Waals surface area contributed by atoms with Crippen molar-refractivity contribution in [1.29, 1.82) is 0 Å². The third kappa shape index (κ3) is 3.94. The second-order valence-electron chi connectivity index (χ2n) is 6.34. The van der Waals surface area contributed by atoms with Gasteiger partial charge >= 0.3 is 0 Å². The third-order valence-corrected chi connectivity index (χ3v) is 5.47. The SMILES string of the molecule is C/C(=N\Nc1nc(N2CCCC2)nc(N2CCOCC2)n1)c1cccs1. The van der Waals surface area contributed by atoms with Crippen molar-refractivity contribution in [3.05, 3.63) is 22.4 Å². The molecule has 8 nitrogen and oxygen atoms in total. The van der Waals surface area contributed by atoms with Gasteiger partial charge in [0.15, 0.2) is 0 Å². The highest BCUT2D eigenvalue weighted by Gasteiger charge is 2.21. The van der Waals surface area contributed by atoms with E-state index in [1.807, 2.05) is 24.4 Å². The van der Waals surface area contributed by atoms with E-state index >= 15 is 0 Å². The van der Waals surface area contributed by atoms with Gasteiger partial charge in [-0.15, -0.1) is 11.3 Å². The first-order valence-electron chi connectivity index (χ1n) is 8.97. The first kappa shape index (κ1) is 17.2. The van der Waals surface area contributed by atoms with Crippen LogP contribution in [0.3, 0.4) is 0 Å². The van der Waals surface area contributed by atoms with E-state index in [0.29, 0.717) is 25.1 Å². The fourth-order valence-electron chi connectivity index (χ4n) is 3.04. The molecule has 0 aliphatic carbocycles. The summed E-state index contributed by atoms with van der Waals surface area (Å²) in [5, 5.41) is 6.49. The molecule has 0 unspecified atom stereocenters. The Labute approximate surface area is 156 Å². The Morgan fingerprint density at radius 1 is 1.08 bits per heavy atom. The molecule has 0 atom stereocenters. The van der Waals surface area contributed by atoms with Crippen molar-refractivity contribution in [1.82, 2.24) is 15.0 Å². The summed E-state index contributed by atoms with van der Waals surface area (Å²) in [5.41, 5.74) is 3.94. The van der Waals surface area contributed by atoms with Crippen LogP contribution in [0.5, 0.6) is 0 Å². The molecule has 0 aromatic carbocycles. The van der Waals surface area contributed by atoms with Crippen LogP contribution in [0.4, 0.5) is 17.8 Å². The van der Waals surface area contributed by atoms with Gasteiger partial charge in [0, 0.05) is 31.1 Å². The lowest BCUT2D eigenvalue weighted by molar-refractivity contribution is 0.122. The molecule has 0 saturated carbocycles. The fraction of sp³-hybridized carbons (Fsp3) is 0.529. The zero-order valence-corrected chi connectivity index (χ0v) is 15.7. The first-order valence-corrected chi connectivity index (χ1v) is 9.85. The maximum atomic E-state index is 5.44. The van der Waals surface area contributed by atoms with Gasteiger partial charge in [0.2, 0.25) is 17.8 Å². The molecule has 2 fully saturated rings. The van der Waals surface area contributed by atoms with Crippen LogP contribution in [0.15, 0.2) is 22.6 Å². The molecule has 2 aromatic rings. The van der Waals surface area contributed by atoms with Crippen LogP contribution in [-0.4, -0.2) is 60.1 Å². The van der Waals surface area contributed by atoms with Crippen molar-refractivity contribution in [2.75, 3.05) is 54.6 Å². The summed E-state index contributed by atoms with van der Waals surface area (Å²) in [6.45, 7) is 6.93. The zero-order valence-electron chi connectivity index (χ0n) is 14.9. The Kier molecular flexibility index (Phi) is 5.26. The number of nitrogens with zero attached hydrogens (tertiary/aromatic N) is 6. The van der Waals surface area contributed by atoms with E-state index < -0.39 is 0 Å². The van der Waals surface area contributed by atoms with Gasteiger partial charge in [-0.2, -0.15) is 20.1 Å². The molecule has 9 heteroatoms. The van der Waals surface area contributed by atoms with Gasteiger partial charge in [0.05, 0.1) is 18.9 Å². The first-order chi connectivity index (χ1) is 12.8. The van der Waals surface area contributed by atoms with Crippen molar-refractivity contribution >= 4 is 34.9 Å². The van der Waals surface area contributed by atoms with Gasteiger partial charge < -0.3 is 14.5 Å². The van der Waals surface area contributed by atoms with Gasteiger partial charge in [-0.05, 0) is 31.2 Å². The maximum absolute atomic E-state index is 5.44. The van der Waals surface area contributed by atoms with E-state index in [4.69, 9.17) is 9.72 Å². The van der Waals surface area contributed by atoms with Crippen molar-refractivity contribution in [3.8, 4) is 0 Å². The monoisotopic (exact) mass is 373 g/mol. The van der Waals surface area contributed by atoms with Gasteiger partial charge in [-0.3, -0.25) is 0 Å². The minimum absolute atomic E-state index is 0.485. The lowest BCUT2D eigenvalue weighted by Gasteiger charge is -2.27. The molecule has 138 valence electrons. The molecule has 2 aromatic heterocycles. The molecule has 2 aliphatic rings. The Morgan fingerprint density at radius 3 is 2.42 bits per heavy atom. The van der Waals surface area contributed by atoms with E-state index in [2.05, 4.69) is 30.3 Å². The van der Waals surface area contributed by atoms with Crippen molar-refractivity contribution < 1.29 is 4.74 Å². The van der Waals surface area contributed by atoms with Crippen LogP contribution in [0.1, 0.15) is 24.6 Å². The van der Waals surface area contributed by atoms with E-state index in [1.165, 1.54) is 12.8 Å². The van der Waals surface area contributed by atoms with Gasteiger partial charge in [0.1, 0.15) is 0 Å². The number of hydrazone groups is 1. The molecule has 1 N–H and O–H groups in total. The number of hydrogen-bond acceptors (Lipinski definition) is 9. The normalized spacial score (nSPS) is 18.4. The molecule has 0 spiro atoms. The Hall–Kier alpha value is -2.26. The minimum Gasteiger partial charge on any atom is -0.378 e. The molecule has 0 amide bonds. The Morgan fingerprint density at radius 2 is 1.77 bits per heavy atom. The molecule has 0 radical (unpaired) electrons. The van der Waals surface area contributed by atoms with Crippen molar-refractivity contribution in [3.63, 3.8) is 0 Å². The van der Waals surface area contributed by atoms with Crippen LogP contribution in [0, 0.1) is 0 Å². The van der Waals surface area contributed by atoms with E-state index in [1.54, 1.807) is 11.3 Å². The lowest BCUT2D eigenvalue weighted by Crippen LogP contribution is -2.38. The Bertz CT molecular complexity index is 752. The minimum atomic E-state index is 0.485. The highest BCUT2D eigenvalue weighted by atomic mass is 32.1. The number of rotatable bonds is 5. The van der Waals surface area contributed by atoms with Crippen LogP contribution < -0.4 is 15.2 Å². The van der Waals surface area contributed by atoms with Crippen LogP contribution >= 0.6 is 11.3 Å².